The summed E-state index contributed by atoms with van der Waals surface area (Å²) in [4.78, 5) is 12.7. The lowest BCUT2D eigenvalue weighted by molar-refractivity contribution is -0.0324. The SMILES string of the molecule is CC(C)OCC(Oc1ncnc2c1cnn2-c1ccccc1Cl)C(O)Nc1ccc(Cl)cn1. The predicted octanol–water partition coefficient (Wildman–Crippen LogP) is 4.12. The first-order valence-corrected chi connectivity index (χ1v) is 11.0. The molecule has 0 saturated carbocycles. The number of hydrogen-bond acceptors (Lipinski definition) is 8. The summed E-state index contributed by atoms with van der Waals surface area (Å²) in [5.74, 6) is 0.685. The molecule has 0 amide bonds. The van der Waals surface area contributed by atoms with Crippen LogP contribution in [0.3, 0.4) is 0 Å². The Morgan fingerprint density at radius 2 is 1.88 bits per heavy atom. The molecule has 0 saturated heterocycles. The topological polar surface area (TPSA) is 107 Å². The van der Waals surface area contributed by atoms with Gasteiger partial charge in [0, 0.05) is 6.20 Å². The highest BCUT2D eigenvalue weighted by molar-refractivity contribution is 6.32. The Balaban J connectivity index is 1.62. The highest BCUT2D eigenvalue weighted by atomic mass is 35.5. The summed E-state index contributed by atoms with van der Waals surface area (Å²) in [6.45, 7) is 3.89. The van der Waals surface area contributed by atoms with Gasteiger partial charge in [-0.2, -0.15) is 5.10 Å². The van der Waals surface area contributed by atoms with Gasteiger partial charge >= 0.3 is 0 Å². The molecule has 0 radical (unpaired) electrons. The Morgan fingerprint density at radius 1 is 1.06 bits per heavy atom. The largest absolute Gasteiger partial charge is 0.466 e. The highest BCUT2D eigenvalue weighted by Crippen LogP contribution is 2.27. The lowest BCUT2D eigenvalue weighted by atomic mass is 10.3. The van der Waals surface area contributed by atoms with E-state index in [1.54, 1.807) is 29.1 Å². The number of aliphatic hydroxyl groups is 1. The summed E-state index contributed by atoms with van der Waals surface area (Å²) < 4.78 is 13.4. The monoisotopic (exact) mass is 488 g/mol. The molecule has 2 N–H and O–H groups in total. The Morgan fingerprint density at radius 3 is 2.61 bits per heavy atom. The van der Waals surface area contributed by atoms with E-state index < -0.39 is 12.3 Å². The third-order valence-corrected chi connectivity index (χ3v) is 5.19. The molecule has 9 nitrogen and oxygen atoms in total. The third-order valence-electron chi connectivity index (χ3n) is 4.64. The molecule has 3 aromatic heterocycles. The molecule has 0 bridgehead atoms. The molecule has 33 heavy (non-hydrogen) atoms. The molecule has 4 aromatic rings. The number of rotatable bonds is 9. The van der Waals surface area contributed by atoms with Gasteiger partial charge in [0.1, 0.15) is 17.5 Å². The average molecular weight is 489 g/mol. The fourth-order valence-electron chi connectivity index (χ4n) is 3.04. The molecular weight excluding hydrogens is 467 g/mol. The summed E-state index contributed by atoms with van der Waals surface area (Å²) in [5, 5.41) is 19.7. The first-order valence-electron chi connectivity index (χ1n) is 10.2. The molecule has 2 atom stereocenters. The molecule has 172 valence electrons. The van der Waals surface area contributed by atoms with Crippen molar-refractivity contribution in [3.8, 4) is 11.6 Å². The van der Waals surface area contributed by atoms with E-state index in [4.69, 9.17) is 32.7 Å². The van der Waals surface area contributed by atoms with E-state index in [2.05, 4.69) is 25.4 Å². The third kappa shape index (κ3) is 5.51. The first kappa shape index (κ1) is 23.2. The van der Waals surface area contributed by atoms with E-state index in [1.165, 1.54) is 12.5 Å². The van der Waals surface area contributed by atoms with Crippen LogP contribution in [0.15, 0.2) is 55.1 Å². The van der Waals surface area contributed by atoms with Gasteiger partial charge in [-0.05, 0) is 38.1 Å². The number of halogens is 2. The van der Waals surface area contributed by atoms with Crippen molar-refractivity contribution in [3.05, 3.63) is 65.2 Å². The van der Waals surface area contributed by atoms with E-state index in [9.17, 15) is 5.11 Å². The molecule has 0 aliphatic rings. The van der Waals surface area contributed by atoms with E-state index in [1.807, 2.05) is 32.0 Å². The van der Waals surface area contributed by atoms with Gasteiger partial charge in [0.05, 0.1) is 34.6 Å². The van der Waals surface area contributed by atoms with Crippen LogP contribution in [-0.2, 0) is 4.74 Å². The average Bonchev–Trinajstić information content (AvgIpc) is 3.23. The standard InChI is InChI=1S/C22H22Cl2N6O3/c1-13(2)32-11-18(21(31)29-19-8-7-14(23)9-25-19)33-22-15-10-28-30(20(15)26-12-27-22)17-6-4-3-5-16(17)24/h3-10,12-13,18,21,31H,11H2,1-2H3,(H,25,29). The molecule has 0 spiro atoms. The number of hydrogen-bond donors (Lipinski definition) is 2. The second-order valence-corrected chi connectivity index (χ2v) is 8.26. The quantitative estimate of drug-likeness (QED) is 0.338. The van der Waals surface area contributed by atoms with Crippen LogP contribution in [0.4, 0.5) is 5.82 Å². The Kier molecular flexibility index (Phi) is 7.24. The molecule has 1 aromatic carbocycles. The Labute approximate surface area is 200 Å². The molecular formula is C22H22Cl2N6O3. The van der Waals surface area contributed by atoms with E-state index in [0.29, 0.717) is 32.6 Å². The van der Waals surface area contributed by atoms with Crippen LogP contribution in [-0.4, -0.2) is 54.9 Å². The van der Waals surface area contributed by atoms with Crippen LogP contribution in [0.25, 0.3) is 16.7 Å². The van der Waals surface area contributed by atoms with Crippen molar-refractivity contribution in [2.45, 2.75) is 32.3 Å². The number of ether oxygens (including phenoxy) is 2. The number of anilines is 1. The van der Waals surface area contributed by atoms with Gasteiger partial charge in [0.25, 0.3) is 0 Å². The van der Waals surface area contributed by atoms with Crippen LogP contribution >= 0.6 is 23.2 Å². The Hall–Kier alpha value is -2.98. The van der Waals surface area contributed by atoms with Crippen molar-refractivity contribution >= 4 is 40.1 Å². The number of aliphatic hydroxyl groups excluding tert-OH is 1. The minimum absolute atomic E-state index is 0.0645. The van der Waals surface area contributed by atoms with E-state index in [-0.39, 0.29) is 18.6 Å². The fourth-order valence-corrected chi connectivity index (χ4v) is 3.37. The number of benzene rings is 1. The lowest BCUT2D eigenvalue weighted by Crippen LogP contribution is -2.42. The van der Waals surface area contributed by atoms with Gasteiger partial charge in [0.2, 0.25) is 5.88 Å². The van der Waals surface area contributed by atoms with Crippen molar-refractivity contribution < 1.29 is 14.6 Å². The van der Waals surface area contributed by atoms with Gasteiger partial charge in [0.15, 0.2) is 18.0 Å². The molecule has 0 aliphatic heterocycles. The molecule has 4 rings (SSSR count). The van der Waals surface area contributed by atoms with Crippen molar-refractivity contribution in [1.29, 1.82) is 0 Å². The number of fused-ring (bicyclic) bond motifs is 1. The number of aromatic nitrogens is 5. The van der Waals surface area contributed by atoms with Gasteiger partial charge < -0.3 is 19.9 Å². The van der Waals surface area contributed by atoms with Gasteiger partial charge in [-0.1, -0.05) is 35.3 Å². The van der Waals surface area contributed by atoms with Crippen molar-refractivity contribution in [3.63, 3.8) is 0 Å². The van der Waals surface area contributed by atoms with Crippen LogP contribution < -0.4 is 10.1 Å². The van der Waals surface area contributed by atoms with Crippen LogP contribution in [0.5, 0.6) is 5.88 Å². The molecule has 3 heterocycles. The summed E-state index contributed by atoms with van der Waals surface area (Å²) in [6.07, 6.45) is 2.41. The molecule has 11 heteroatoms. The molecule has 0 fully saturated rings. The van der Waals surface area contributed by atoms with Gasteiger partial charge in [-0.25, -0.2) is 19.6 Å². The van der Waals surface area contributed by atoms with Crippen molar-refractivity contribution in [1.82, 2.24) is 24.7 Å². The first-order chi connectivity index (χ1) is 15.9. The highest BCUT2D eigenvalue weighted by Gasteiger charge is 2.25. The summed E-state index contributed by atoms with van der Waals surface area (Å²) in [6, 6.07) is 10.6. The summed E-state index contributed by atoms with van der Waals surface area (Å²) in [7, 11) is 0. The van der Waals surface area contributed by atoms with E-state index in [0.717, 1.165) is 0 Å². The van der Waals surface area contributed by atoms with E-state index >= 15 is 0 Å². The summed E-state index contributed by atoms with van der Waals surface area (Å²) in [5.41, 5.74) is 1.19. The second-order valence-electron chi connectivity index (χ2n) is 7.41. The van der Waals surface area contributed by atoms with Gasteiger partial charge in [-0.15, -0.1) is 0 Å². The smallest absolute Gasteiger partial charge is 0.228 e. The minimum atomic E-state index is -1.15. The predicted molar refractivity (Wildman–Crippen MR) is 126 cm³/mol. The Bertz CT molecular complexity index is 1220. The second kappa shape index (κ2) is 10.3. The van der Waals surface area contributed by atoms with Crippen LogP contribution in [0.2, 0.25) is 10.0 Å². The summed E-state index contributed by atoms with van der Waals surface area (Å²) >= 11 is 12.2. The van der Waals surface area contributed by atoms with Crippen LogP contribution in [0, 0.1) is 0 Å². The van der Waals surface area contributed by atoms with Gasteiger partial charge in [-0.3, -0.25) is 0 Å². The van der Waals surface area contributed by atoms with Crippen molar-refractivity contribution in [2.75, 3.05) is 11.9 Å². The molecule has 0 aliphatic carbocycles. The number of nitrogens with zero attached hydrogens (tertiary/aromatic N) is 5. The number of para-hydroxylation sites is 1. The zero-order valence-corrected chi connectivity index (χ0v) is 19.4. The minimum Gasteiger partial charge on any atom is -0.466 e. The van der Waals surface area contributed by atoms with Crippen molar-refractivity contribution in [2.24, 2.45) is 0 Å². The maximum atomic E-state index is 10.8. The zero-order valence-electron chi connectivity index (χ0n) is 17.9. The normalized spacial score (nSPS) is 13.3. The lowest BCUT2D eigenvalue weighted by Gasteiger charge is -2.25. The maximum absolute atomic E-state index is 10.8. The number of nitrogens with one attached hydrogen (secondary N) is 1. The maximum Gasteiger partial charge on any atom is 0.228 e. The number of pyridine rings is 1. The zero-order chi connectivity index (χ0) is 23.4. The van der Waals surface area contributed by atoms with Crippen LogP contribution in [0.1, 0.15) is 13.8 Å². The fraction of sp³-hybridized carbons (Fsp3) is 0.273. The molecule has 2 unspecified atom stereocenters.